The van der Waals surface area contributed by atoms with E-state index in [4.69, 9.17) is 4.52 Å². The number of hydrogen-bond donors (Lipinski definition) is 1. The first-order chi connectivity index (χ1) is 9.45. The average molecular weight is 279 g/mol. The maximum absolute atomic E-state index is 5.36. The third-order valence-electron chi connectivity index (χ3n) is 4.77. The van der Waals surface area contributed by atoms with Gasteiger partial charge in [0.2, 0.25) is 0 Å². The summed E-state index contributed by atoms with van der Waals surface area (Å²) in [5.74, 6) is 1.62. The summed E-state index contributed by atoms with van der Waals surface area (Å²) in [4.78, 5) is 2.63. The molecule has 1 N–H and O–H groups in total. The van der Waals surface area contributed by atoms with Crippen molar-refractivity contribution in [1.82, 2.24) is 15.4 Å². The lowest BCUT2D eigenvalue weighted by Gasteiger charge is -2.44. The Morgan fingerprint density at radius 1 is 1.35 bits per heavy atom. The van der Waals surface area contributed by atoms with Crippen molar-refractivity contribution in [3.63, 3.8) is 0 Å². The fourth-order valence-corrected chi connectivity index (χ4v) is 3.40. The van der Waals surface area contributed by atoms with Crippen molar-refractivity contribution < 1.29 is 4.52 Å². The van der Waals surface area contributed by atoms with Crippen LogP contribution in [0.15, 0.2) is 4.52 Å². The first kappa shape index (κ1) is 15.5. The molecule has 0 saturated carbocycles. The van der Waals surface area contributed by atoms with Gasteiger partial charge < -0.3 is 9.84 Å². The average Bonchev–Trinajstić information content (AvgIpc) is 2.76. The number of nitrogens with one attached hydrogen (secondary N) is 1. The Hall–Kier alpha value is -0.870. The molecule has 1 fully saturated rings. The fourth-order valence-electron chi connectivity index (χ4n) is 3.40. The zero-order valence-electron chi connectivity index (χ0n) is 13.7. The van der Waals surface area contributed by atoms with E-state index in [0.29, 0.717) is 24.0 Å². The van der Waals surface area contributed by atoms with Crippen molar-refractivity contribution in [3.8, 4) is 0 Å². The van der Waals surface area contributed by atoms with Crippen LogP contribution < -0.4 is 5.32 Å². The van der Waals surface area contributed by atoms with Gasteiger partial charge in [-0.3, -0.25) is 4.90 Å². The van der Waals surface area contributed by atoms with E-state index >= 15 is 0 Å². The Morgan fingerprint density at radius 2 is 2.05 bits per heavy atom. The fraction of sp³-hybridized carbons (Fsp3) is 0.812. The van der Waals surface area contributed by atoms with Crippen LogP contribution in [-0.2, 0) is 0 Å². The molecule has 1 saturated heterocycles. The van der Waals surface area contributed by atoms with Crippen molar-refractivity contribution >= 4 is 0 Å². The molecular weight excluding hydrogens is 250 g/mol. The maximum atomic E-state index is 5.36. The van der Waals surface area contributed by atoms with Crippen molar-refractivity contribution in [1.29, 1.82) is 0 Å². The summed E-state index contributed by atoms with van der Waals surface area (Å²) in [5.41, 5.74) is 2.30. The standard InChI is InChI=1S/C16H29N3O/c1-7-14-8-17-15(10(2)3)9-19(14)12(5)16-11(4)18-20-13(16)6/h10,12,14-15,17H,7-9H2,1-6H3. The van der Waals surface area contributed by atoms with Gasteiger partial charge >= 0.3 is 0 Å². The summed E-state index contributed by atoms with van der Waals surface area (Å²) >= 11 is 0. The zero-order valence-corrected chi connectivity index (χ0v) is 13.7. The molecule has 20 heavy (non-hydrogen) atoms. The van der Waals surface area contributed by atoms with Gasteiger partial charge in [0.1, 0.15) is 5.76 Å². The predicted octanol–water partition coefficient (Wildman–Crippen LogP) is 3.06. The summed E-state index contributed by atoms with van der Waals surface area (Å²) < 4.78 is 5.36. The van der Waals surface area contributed by atoms with Crippen LogP contribution in [0.25, 0.3) is 0 Å². The maximum Gasteiger partial charge on any atom is 0.138 e. The van der Waals surface area contributed by atoms with Gasteiger partial charge in [0.05, 0.1) is 5.69 Å². The summed E-state index contributed by atoms with van der Waals surface area (Å²) in [6.07, 6.45) is 1.17. The van der Waals surface area contributed by atoms with Crippen LogP contribution >= 0.6 is 0 Å². The van der Waals surface area contributed by atoms with Gasteiger partial charge in [-0.05, 0) is 33.1 Å². The van der Waals surface area contributed by atoms with Gasteiger partial charge in [0.25, 0.3) is 0 Å². The van der Waals surface area contributed by atoms with Gasteiger partial charge in [0, 0.05) is 36.8 Å². The molecule has 114 valence electrons. The normalized spacial score (nSPS) is 26.1. The first-order valence-corrected chi connectivity index (χ1v) is 7.87. The highest BCUT2D eigenvalue weighted by atomic mass is 16.5. The second kappa shape index (κ2) is 6.27. The molecule has 1 aromatic rings. The molecule has 1 aromatic heterocycles. The number of nitrogens with zero attached hydrogens (tertiary/aromatic N) is 2. The Balaban J connectivity index is 2.22. The Labute approximate surface area is 122 Å². The second-order valence-corrected chi connectivity index (χ2v) is 6.43. The molecule has 0 amide bonds. The first-order valence-electron chi connectivity index (χ1n) is 7.87. The lowest BCUT2D eigenvalue weighted by Crippen LogP contribution is -2.58. The third kappa shape index (κ3) is 2.91. The monoisotopic (exact) mass is 279 g/mol. The number of aryl methyl sites for hydroxylation is 2. The van der Waals surface area contributed by atoms with Crippen LogP contribution in [0.3, 0.4) is 0 Å². The molecule has 1 aliphatic heterocycles. The van der Waals surface area contributed by atoms with Crippen LogP contribution in [-0.4, -0.2) is 35.2 Å². The third-order valence-corrected chi connectivity index (χ3v) is 4.77. The molecule has 2 heterocycles. The van der Waals surface area contributed by atoms with E-state index < -0.39 is 0 Å². The predicted molar refractivity (Wildman–Crippen MR) is 81.8 cm³/mol. The number of piperazine rings is 1. The lowest BCUT2D eigenvalue weighted by atomic mass is 9.94. The highest BCUT2D eigenvalue weighted by Gasteiger charge is 2.33. The van der Waals surface area contributed by atoms with E-state index in [1.165, 1.54) is 12.0 Å². The van der Waals surface area contributed by atoms with Gasteiger partial charge in [-0.15, -0.1) is 0 Å². The summed E-state index contributed by atoms with van der Waals surface area (Å²) in [6.45, 7) is 15.4. The van der Waals surface area contributed by atoms with E-state index in [1.54, 1.807) is 0 Å². The second-order valence-electron chi connectivity index (χ2n) is 6.43. The summed E-state index contributed by atoms with van der Waals surface area (Å²) in [7, 11) is 0. The van der Waals surface area contributed by atoms with Gasteiger partial charge in [-0.1, -0.05) is 25.9 Å². The van der Waals surface area contributed by atoms with Crippen LogP contribution in [0.2, 0.25) is 0 Å². The van der Waals surface area contributed by atoms with Crippen molar-refractivity contribution in [2.75, 3.05) is 13.1 Å². The number of hydrogen-bond acceptors (Lipinski definition) is 4. The molecule has 0 aromatic carbocycles. The quantitative estimate of drug-likeness (QED) is 0.919. The van der Waals surface area contributed by atoms with Gasteiger partial charge in [-0.2, -0.15) is 0 Å². The van der Waals surface area contributed by atoms with Gasteiger partial charge in [0.15, 0.2) is 0 Å². The molecule has 4 nitrogen and oxygen atoms in total. The number of rotatable bonds is 4. The minimum atomic E-state index is 0.370. The molecule has 0 aliphatic carbocycles. The van der Waals surface area contributed by atoms with E-state index in [2.05, 4.69) is 43.1 Å². The SMILES string of the molecule is CCC1CNC(C(C)C)CN1C(C)c1c(C)noc1C. The van der Waals surface area contributed by atoms with Crippen LogP contribution in [0.1, 0.15) is 57.2 Å². The van der Waals surface area contributed by atoms with Gasteiger partial charge in [-0.25, -0.2) is 0 Å². The molecular formula is C16H29N3O. The van der Waals surface area contributed by atoms with Crippen molar-refractivity contribution in [2.24, 2.45) is 5.92 Å². The zero-order chi connectivity index (χ0) is 14.9. The Bertz CT molecular complexity index is 421. The molecule has 3 atom stereocenters. The molecule has 0 radical (unpaired) electrons. The van der Waals surface area contributed by atoms with E-state index in [9.17, 15) is 0 Å². The van der Waals surface area contributed by atoms with Crippen LogP contribution in [0.5, 0.6) is 0 Å². The minimum absolute atomic E-state index is 0.370. The molecule has 2 rings (SSSR count). The highest BCUT2D eigenvalue weighted by Crippen LogP contribution is 2.30. The molecule has 0 spiro atoms. The van der Waals surface area contributed by atoms with Crippen LogP contribution in [0.4, 0.5) is 0 Å². The highest BCUT2D eigenvalue weighted by molar-refractivity contribution is 5.25. The molecule has 3 unspecified atom stereocenters. The van der Waals surface area contributed by atoms with E-state index in [0.717, 1.165) is 24.5 Å². The molecule has 0 bridgehead atoms. The smallest absolute Gasteiger partial charge is 0.138 e. The summed E-state index contributed by atoms with van der Waals surface area (Å²) in [6, 6.07) is 1.53. The Morgan fingerprint density at radius 3 is 2.55 bits per heavy atom. The van der Waals surface area contributed by atoms with Crippen molar-refractivity contribution in [2.45, 2.75) is 66.1 Å². The summed E-state index contributed by atoms with van der Waals surface area (Å²) in [5, 5.41) is 7.82. The molecule has 1 aliphatic rings. The largest absolute Gasteiger partial charge is 0.361 e. The molecule has 4 heteroatoms. The van der Waals surface area contributed by atoms with E-state index in [1.807, 2.05) is 13.8 Å². The van der Waals surface area contributed by atoms with E-state index in [-0.39, 0.29) is 0 Å². The van der Waals surface area contributed by atoms with Crippen LogP contribution in [0, 0.1) is 19.8 Å². The minimum Gasteiger partial charge on any atom is -0.361 e. The lowest BCUT2D eigenvalue weighted by molar-refractivity contribution is 0.0728. The topological polar surface area (TPSA) is 41.3 Å². The number of aromatic nitrogens is 1. The van der Waals surface area contributed by atoms with Crippen molar-refractivity contribution in [3.05, 3.63) is 17.0 Å². The Kier molecular flexibility index (Phi) is 4.86.